The van der Waals surface area contributed by atoms with Crippen molar-refractivity contribution < 1.29 is 4.57 Å². The number of anilines is 1. The van der Waals surface area contributed by atoms with Crippen molar-refractivity contribution >= 4 is 55.7 Å². The Kier molecular flexibility index (Phi) is 4.68. The van der Waals surface area contributed by atoms with Crippen LogP contribution in [0.3, 0.4) is 0 Å². The van der Waals surface area contributed by atoms with E-state index in [-0.39, 0.29) is 5.41 Å². The van der Waals surface area contributed by atoms with Crippen molar-refractivity contribution in [2.24, 2.45) is 7.05 Å². The summed E-state index contributed by atoms with van der Waals surface area (Å²) in [5, 5.41) is 3.84. The summed E-state index contributed by atoms with van der Waals surface area (Å²) in [6.07, 6.45) is 5.29. The summed E-state index contributed by atoms with van der Waals surface area (Å²) in [6.45, 7) is 2.35. The second-order valence-electron chi connectivity index (χ2n) is 8.13. The predicted molar refractivity (Wildman–Crippen MR) is 130 cm³/mol. The lowest BCUT2D eigenvalue weighted by Gasteiger charge is -2.27. The maximum atomic E-state index is 5.99. The number of halogens is 1. The zero-order chi connectivity index (χ0) is 20.9. The molecule has 0 spiro atoms. The Labute approximate surface area is 186 Å². The maximum absolute atomic E-state index is 5.99. The van der Waals surface area contributed by atoms with Crippen LogP contribution in [0, 0.1) is 0 Å². The number of thiazole rings is 1. The van der Waals surface area contributed by atoms with E-state index in [0.717, 1.165) is 6.42 Å². The number of rotatable bonds is 3. The van der Waals surface area contributed by atoms with Gasteiger partial charge >= 0.3 is 0 Å². The fourth-order valence-corrected chi connectivity index (χ4v) is 6.03. The third-order valence-corrected chi connectivity index (χ3v) is 7.74. The van der Waals surface area contributed by atoms with Gasteiger partial charge in [0.25, 0.3) is 5.01 Å². The molecule has 30 heavy (non-hydrogen) atoms. The average Bonchev–Trinajstić information content (AvgIpc) is 3.20. The Morgan fingerprint density at radius 2 is 1.83 bits per heavy atom. The van der Waals surface area contributed by atoms with Crippen molar-refractivity contribution in [3.05, 3.63) is 88.5 Å². The molecule has 0 bridgehead atoms. The Morgan fingerprint density at radius 1 is 1.07 bits per heavy atom. The fourth-order valence-electron chi connectivity index (χ4n) is 4.85. The molecule has 4 aromatic rings. The summed E-state index contributed by atoms with van der Waals surface area (Å²) in [7, 11) is 4.33. The maximum Gasteiger partial charge on any atom is 0.264 e. The van der Waals surface area contributed by atoms with Crippen LogP contribution >= 0.6 is 22.9 Å². The van der Waals surface area contributed by atoms with Crippen molar-refractivity contribution in [2.45, 2.75) is 18.8 Å². The van der Waals surface area contributed by atoms with Crippen molar-refractivity contribution in [2.75, 3.05) is 11.9 Å². The molecule has 150 valence electrons. The summed E-state index contributed by atoms with van der Waals surface area (Å²) in [5.74, 6) is 0. The van der Waals surface area contributed by atoms with Crippen LogP contribution in [0.25, 0.3) is 27.1 Å². The molecule has 0 fully saturated rings. The van der Waals surface area contributed by atoms with Crippen LogP contribution in [0.5, 0.6) is 0 Å². The molecular formula is C26H24ClN2S+. The van der Waals surface area contributed by atoms with Gasteiger partial charge in [-0.3, -0.25) is 0 Å². The van der Waals surface area contributed by atoms with Crippen LogP contribution in [0.1, 0.15) is 23.9 Å². The van der Waals surface area contributed by atoms with Gasteiger partial charge in [0.05, 0.1) is 0 Å². The molecular weight excluding hydrogens is 408 g/mol. The number of hydrogen-bond donors (Lipinski definition) is 0. The molecule has 1 unspecified atom stereocenters. The predicted octanol–water partition coefficient (Wildman–Crippen LogP) is 6.77. The summed E-state index contributed by atoms with van der Waals surface area (Å²) in [4.78, 5) is 2.36. The Hall–Kier alpha value is -2.62. The molecule has 0 radical (unpaired) electrons. The van der Waals surface area contributed by atoms with Gasteiger partial charge in [0.1, 0.15) is 11.7 Å². The number of benzene rings is 3. The van der Waals surface area contributed by atoms with Gasteiger partial charge in [-0.15, -0.1) is 0 Å². The van der Waals surface area contributed by atoms with E-state index in [2.05, 4.69) is 103 Å². The number of aromatic nitrogens is 1. The van der Waals surface area contributed by atoms with E-state index in [1.54, 1.807) is 5.54 Å². The highest BCUT2D eigenvalue weighted by Crippen LogP contribution is 2.52. The third kappa shape index (κ3) is 2.80. The lowest BCUT2D eigenvalue weighted by Crippen LogP contribution is -2.31. The smallest absolute Gasteiger partial charge is 0.264 e. The SMILES string of the molecule is CN1/C(=C/c2sc3ccccc3[n+]2C)C(C)(CC=CCl)c2c1ccc1ccccc21. The molecule has 0 aliphatic carbocycles. The highest BCUT2D eigenvalue weighted by Gasteiger charge is 2.43. The second-order valence-corrected chi connectivity index (χ2v) is 9.45. The van der Waals surface area contributed by atoms with E-state index >= 15 is 0 Å². The zero-order valence-electron chi connectivity index (χ0n) is 17.4. The number of aryl methyl sites for hydroxylation is 1. The van der Waals surface area contributed by atoms with Crippen molar-refractivity contribution in [3.8, 4) is 0 Å². The van der Waals surface area contributed by atoms with E-state index in [9.17, 15) is 0 Å². The van der Waals surface area contributed by atoms with E-state index < -0.39 is 0 Å². The normalized spacial score (nSPS) is 20.1. The number of likely N-dealkylation sites (N-methyl/N-ethyl adjacent to an activating group) is 1. The zero-order valence-corrected chi connectivity index (χ0v) is 19.0. The number of para-hydroxylation sites is 1. The molecule has 2 nitrogen and oxygen atoms in total. The first-order valence-electron chi connectivity index (χ1n) is 10.2. The first kappa shape index (κ1) is 19.3. The molecule has 4 heteroatoms. The molecule has 0 amide bonds. The summed E-state index contributed by atoms with van der Waals surface area (Å²) < 4.78 is 3.59. The van der Waals surface area contributed by atoms with Gasteiger partial charge in [-0.2, -0.15) is 4.57 Å². The summed E-state index contributed by atoms with van der Waals surface area (Å²) in [5.41, 5.74) is 6.69. The van der Waals surface area contributed by atoms with Gasteiger partial charge < -0.3 is 4.90 Å². The summed E-state index contributed by atoms with van der Waals surface area (Å²) in [6, 6.07) is 21.7. The number of fused-ring (bicyclic) bond motifs is 4. The van der Waals surface area contributed by atoms with Crippen LogP contribution in [0.15, 0.2) is 78.0 Å². The van der Waals surface area contributed by atoms with Crippen LogP contribution < -0.4 is 9.47 Å². The summed E-state index contributed by atoms with van der Waals surface area (Å²) >= 11 is 7.83. The monoisotopic (exact) mass is 431 g/mol. The van der Waals surface area contributed by atoms with Gasteiger partial charge in [-0.1, -0.05) is 71.5 Å². The minimum absolute atomic E-state index is 0.167. The Bertz CT molecular complexity index is 1330. The lowest BCUT2D eigenvalue weighted by atomic mass is 9.76. The van der Waals surface area contributed by atoms with Gasteiger partial charge in [-0.05, 0) is 41.8 Å². The van der Waals surface area contributed by atoms with Gasteiger partial charge in [0.2, 0.25) is 5.52 Å². The molecule has 5 rings (SSSR count). The minimum Gasteiger partial charge on any atom is -0.347 e. The largest absolute Gasteiger partial charge is 0.347 e. The first-order chi connectivity index (χ1) is 14.5. The van der Waals surface area contributed by atoms with E-state index in [4.69, 9.17) is 11.6 Å². The van der Waals surface area contributed by atoms with Gasteiger partial charge in [-0.25, -0.2) is 0 Å². The van der Waals surface area contributed by atoms with Crippen LogP contribution in [0.2, 0.25) is 0 Å². The molecule has 1 aliphatic heterocycles. The Balaban J connectivity index is 1.77. The third-order valence-electron chi connectivity index (χ3n) is 6.39. The van der Waals surface area contributed by atoms with Crippen molar-refractivity contribution in [3.63, 3.8) is 0 Å². The molecule has 0 N–H and O–H groups in total. The van der Waals surface area contributed by atoms with E-state index in [1.165, 1.54) is 42.9 Å². The van der Waals surface area contributed by atoms with Gasteiger partial charge in [0, 0.05) is 41.5 Å². The molecule has 3 aromatic carbocycles. The van der Waals surface area contributed by atoms with Crippen molar-refractivity contribution in [1.82, 2.24) is 0 Å². The number of hydrogen-bond acceptors (Lipinski definition) is 2. The molecule has 2 heterocycles. The number of allylic oxidation sites excluding steroid dienone is 2. The molecule has 0 saturated carbocycles. The van der Waals surface area contributed by atoms with Crippen molar-refractivity contribution in [1.29, 1.82) is 0 Å². The lowest BCUT2D eigenvalue weighted by molar-refractivity contribution is -0.642. The minimum atomic E-state index is -0.167. The second kappa shape index (κ2) is 7.26. The van der Waals surface area contributed by atoms with E-state index in [1.807, 2.05) is 11.3 Å². The van der Waals surface area contributed by atoms with Gasteiger partial charge in [0.15, 0.2) is 0 Å². The highest BCUT2D eigenvalue weighted by atomic mass is 35.5. The molecule has 1 atom stereocenters. The van der Waals surface area contributed by atoms with Crippen LogP contribution in [-0.4, -0.2) is 7.05 Å². The Morgan fingerprint density at radius 3 is 2.63 bits per heavy atom. The highest BCUT2D eigenvalue weighted by molar-refractivity contribution is 7.18. The van der Waals surface area contributed by atoms with E-state index in [0.29, 0.717) is 0 Å². The topological polar surface area (TPSA) is 7.12 Å². The fraction of sp³-hybridized carbons (Fsp3) is 0.192. The standard InChI is InChI=1S/C26H24ClN2S/c1-26(15-8-16-27)23(17-24-29(3)20-11-6-7-12-22(20)30-24)28(2)21-14-13-18-9-4-5-10-19(18)25(21)26/h4-14,16-17H,15H2,1-3H3/q+1. The first-order valence-corrected chi connectivity index (χ1v) is 11.4. The average molecular weight is 432 g/mol. The molecule has 1 aliphatic rings. The number of nitrogens with zero attached hydrogens (tertiary/aromatic N) is 2. The molecule has 1 aromatic heterocycles. The van der Waals surface area contributed by atoms with Crippen LogP contribution in [0.4, 0.5) is 5.69 Å². The quantitative estimate of drug-likeness (QED) is 0.324. The van der Waals surface area contributed by atoms with Crippen LogP contribution in [-0.2, 0) is 12.5 Å². The molecule has 0 saturated heterocycles.